The fourth-order valence-corrected chi connectivity index (χ4v) is 2.75. The van der Waals surface area contributed by atoms with Crippen molar-refractivity contribution in [3.63, 3.8) is 0 Å². The average molecular weight is 407 g/mol. The standard InChI is InChI=1S/C15H14BrClFNO4/c1-15(9-7-8(18)4-5-10(9)17)13(22)12(21)14(23-15)19-11(20)3-2-6-16/h4-5,7,21H,2-3,6H2,1H3,(H,19,20). The molecular formula is C15H14BrClFNO4. The molecule has 8 heteroatoms. The van der Waals surface area contributed by atoms with Crippen LogP contribution in [0, 0.1) is 5.82 Å². The molecule has 1 aromatic rings. The number of aliphatic hydroxyl groups excluding tert-OH is 1. The average Bonchev–Trinajstić information content (AvgIpc) is 2.72. The summed E-state index contributed by atoms with van der Waals surface area (Å²) < 4.78 is 18.9. The normalized spacial score (nSPS) is 20.6. The van der Waals surface area contributed by atoms with Crippen molar-refractivity contribution in [3.05, 3.63) is 46.2 Å². The molecule has 0 radical (unpaired) electrons. The molecule has 23 heavy (non-hydrogen) atoms. The van der Waals surface area contributed by atoms with E-state index < -0.39 is 28.9 Å². The number of ether oxygens (including phenoxy) is 1. The van der Waals surface area contributed by atoms with Gasteiger partial charge in [-0.2, -0.15) is 0 Å². The van der Waals surface area contributed by atoms with Crippen LogP contribution in [0.2, 0.25) is 5.02 Å². The number of benzene rings is 1. The minimum Gasteiger partial charge on any atom is -0.501 e. The summed E-state index contributed by atoms with van der Waals surface area (Å²) in [4.78, 5) is 24.0. The van der Waals surface area contributed by atoms with Crippen molar-refractivity contribution < 1.29 is 23.8 Å². The zero-order chi connectivity index (χ0) is 17.2. The van der Waals surface area contributed by atoms with Gasteiger partial charge in [-0.25, -0.2) is 4.39 Å². The fourth-order valence-electron chi connectivity index (χ4n) is 2.17. The Hall–Kier alpha value is -1.60. The van der Waals surface area contributed by atoms with Gasteiger partial charge in [0.25, 0.3) is 5.78 Å². The van der Waals surface area contributed by atoms with Crippen molar-refractivity contribution in [3.8, 4) is 0 Å². The number of nitrogens with one attached hydrogen (secondary N) is 1. The number of amides is 1. The number of rotatable bonds is 5. The second-order valence-electron chi connectivity index (χ2n) is 5.11. The smallest absolute Gasteiger partial charge is 0.250 e. The maximum atomic E-state index is 13.5. The van der Waals surface area contributed by atoms with Crippen LogP contribution in [-0.4, -0.2) is 22.1 Å². The molecule has 1 heterocycles. The number of hydrogen-bond donors (Lipinski definition) is 2. The van der Waals surface area contributed by atoms with E-state index in [1.807, 2.05) is 0 Å². The minimum absolute atomic E-state index is 0.0698. The van der Waals surface area contributed by atoms with Crippen molar-refractivity contribution in [1.29, 1.82) is 0 Å². The Morgan fingerprint density at radius 1 is 1.52 bits per heavy atom. The van der Waals surface area contributed by atoms with Gasteiger partial charge in [0.1, 0.15) is 5.82 Å². The largest absolute Gasteiger partial charge is 0.501 e. The molecule has 1 unspecified atom stereocenters. The summed E-state index contributed by atoms with van der Waals surface area (Å²) in [6.07, 6.45) is 0.776. The number of aliphatic hydroxyl groups is 1. The summed E-state index contributed by atoms with van der Waals surface area (Å²) in [6, 6.07) is 3.49. The van der Waals surface area contributed by atoms with E-state index in [0.717, 1.165) is 12.1 Å². The summed E-state index contributed by atoms with van der Waals surface area (Å²) >= 11 is 9.21. The highest BCUT2D eigenvalue weighted by atomic mass is 79.9. The highest BCUT2D eigenvalue weighted by Crippen LogP contribution is 2.40. The lowest BCUT2D eigenvalue weighted by Crippen LogP contribution is -2.32. The lowest BCUT2D eigenvalue weighted by atomic mass is 9.91. The number of hydrogen-bond acceptors (Lipinski definition) is 4. The Morgan fingerprint density at radius 3 is 2.87 bits per heavy atom. The van der Waals surface area contributed by atoms with Crippen molar-refractivity contribution in [2.24, 2.45) is 0 Å². The Balaban J connectivity index is 2.27. The van der Waals surface area contributed by atoms with Crippen LogP contribution < -0.4 is 5.32 Å². The first-order valence-corrected chi connectivity index (χ1v) is 8.28. The summed E-state index contributed by atoms with van der Waals surface area (Å²) in [6.45, 7) is 1.35. The first-order valence-electron chi connectivity index (χ1n) is 6.78. The Bertz CT molecular complexity index is 694. The molecule has 1 aromatic carbocycles. The minimum atomic E-state index is -1.71. The monoisotopic (exact) mass is 405 g/mol. The molecule has 0 spiro atoms. The molecule has 1 aliphatic heterocycles. The highest BCUT2D eigenvalue weighted by Gasteiger charge is 2.49. The van der Waals surface area contributed by atoms with E-state index in [-0.39, 0.29) is 22.9 Å². The second-order valence-corrected chi connectivity index (χ2v) is 6.31. The predicted molar refractivity (Wildman–Crippen MR) is 85.7 cm³/mol. The van der Waals surface area contributed by atoms with Gasteiger partial charge in [0.2, 0.25) is 23.2 Å². The van der Waals surface area contributed by atoms with Crippen LogP contribution in [-0.2, 0) is 19.9 Å². The van der Waals surface area contributed by atoms with Gasteiger partial charge < -0.3 is 9.84 Å². The first-order chi connectivity index (χ1) is 10.8. The third-order valence-electron chi connectivity index (χ3n) is 3.40. The molecule has 124 valence electrons. The van der Waals surface area contributed by atoms with Crippen LogP contribution >= 0.6 is 27.5 Å². The van der Waals surface area contributed by atoms with E-state index >= 15 is 0 Å². The third kappa shape index (κ3) is 3.50. The molecule has 5 nitrogen and oxygen atoms in total. The molecular weight excluding hydrogens is 393 g/mol. The molecule has 0 saturated carbocycles. The van der Waals surface area contributed by atoms with Crippen LogP contribution in [0.1, 0.15) is 25.3 Å². The van der Waals surface area contributed by atoms with E-state index in [0.29, 0.717) is 11.8 Å². The quantitative estimate of drug-likeness (QED) is 0.736. The van der Waals surface area contributed by atoms with Crippen LogP contribution in [0.3, 0.4) is 0 Å². The lowest BCUT2D eigenvalue weighted by Gasteiger charge is -2.24. The van der Waals surface area contributed by atoms with E-state index in [1.54, 1.807) is 0 Å². The Kier molecular flexibility index (Phi) is 5.31. The van der Waals surface area contributed by atoms with E-state index in [9.17, 15) is 19.1 Å². The SMILES string of the molecule is CC1(c2cc(F)ccc2Cl)OC(NC(=O)CCCBr)=C(O)C1=O. The topological polar surface area (TPSA) is 75.6 Å². The Morgan fingerprint density at radius 2 is 2.22 bits per heavy atom. The molecule has 1 atom stereocenters. The second kappa shape index (κ2) is 6.88. The molecule has 0 saturated heterocycles. The van der Waals surface area contributed by atoms with Crippen molar-refractivity contribution in [2.45, 2.75) is 25.4 Å². The van der Waals surface area contributed by atoms with Gasteiger partial charge in [0, 0.05) is 22.3 Å². The lowest BCUT2D eigenvalue weighted by molar-refractivity contribution is -0.133. The van der Waals surface area contributed by atoms with Gasteiger partial charge in [0.15, 0.2) is 0 Å². The molecule has 0 aliphatic carbocycles. The zero-order valence-corrected chi connectivity index (χ0v) is 14.5. The first kappa shape index (κ1) is 17.7. The summed E-state index contributed by atoms with van der Waals surface area (Å²) in [7, 11) is 0. The van der Waals surface area contributed by atoms with Crippen LogP contribution in [0.4, 0.5) is 4.39 Å². The Labute approximate surface area is 145 Å². The molecule has 1 aliphatic rings. The van der Waals surface area contributed by atoms with Crippen molar-refractivity contribution in [1.82, 2.24) is 5.32 Å². The number of Topliss-reactive ketones (excluding diaryl/α,β-unsaturated/α-hetero) is 1. The van der Waals surface area contributed by atoms with Gasteiger partial charge in [0.05, 0.1) is 0 Å². The van der Waals surface area contributed by atoms with Gasteiger partial charge in [-0.05, 0) is 31.5 Å². The maximum Gasteiger partial charge on any atom is 0.250 e. The number of halogens is 3. The summed E-state index contributed by atoms with van der Waals surface area (Å²) in [5, 5.41) is 13.0. The van der Waals surface area contributed by atoms with Gasteiger partial charge >= 0.3 is 0 Å². The van der Waals surface area contributed by atoms with Crippen LogP contribution in [0.15, 0.2) is 29.8 Å². The zero-order valence-electron chi connectivity index (χ0n) is 12.2. The van der Waals surface area contributed by atoms with E-state index in [4.69, 9.17) is 16.3 Å². The van der Waals surface area contributed by atoms with Crippen LogP contribution in [0.5, 0.6) is 0 Å². The molecule has 1 amide bonds. The molecule has 0 fully saturated rings. The van der Waals surface area contributed by atoms with Crippen molar-refractivity contribution in [2.75, 3.05) is 5.33 Å². The predicted octanol–water partition coefficient (Wildman–Crippen LogP) is 3.31. The third-order valence-corrected chi connectivity index (χ3v) is 4.29. The fraction of sp³-hybridized carbons (Fsp3) is 0.333. The van der Waals surface area contributed by atoms with Gasteiger partial charge in [-0.1, -0.05) is 27.5 Å². The van der Waals surface area contributed by atoms with E-state index in [2.05, 4.69) is 21.2 Å². The number of carbonyl (C=O) groups is 2. The number of alkyl halides is 1. The van der Waals surface area contributed by atoms with E-state index in [1.165, 1.54) is 13.0 Å². The van der Waals surface area contributed by atoms with Gasteiger partial charge in [-0.15, -0.1) is 0 Å². The van der Waals surface area contributed by atoms with Crippen molar-refractivity contribution >= 4 is 39.2 Å². The highest BCUT2D eigenvalue weighted by molar-refractivity contribution is 9.09. The molecule has 2 N–H and O–H groups in total. The molecule has 0 bridgehead atoms. The summed E-state index contributed by atoms with van der Waals surface area (Å²) in [5.41, 5.74) is -1.64. The maximum absolute atomic E-state index is 13.5. The molecule has 0 aromatic heterocycles. The number of ketones is 1. The van der Waals surface area contributed by atoms with Gasteiger partial charge in [-0.3, -0.25) is 14.9 Å². The molecule has 2 rings (SSSR count). The number of carbonyl (C=O) groups excluding carboxylic acids is 2. The summed E-state index contributed by atoms with van der Waals surface area (Å²) in [5.74, 6) is -2.89. The van der Waals surface area contributed by atoms with Crippen LogP contribution in [0.25, 0.3) is 0 Å².